The van der Waals surface area contributed by atoms with Gasteiger partial charge in [-0.25, -0.2) is 9.59 Å². The molecule has 1 amide bonds. The Kier molecular flexibility index (Phi) is 10.7. The van der Waals surface area contributed by atoms with Gasteiger partial charge in [0.15, 0.2) is 0 Å². The Balaban J connectivity index is 1.58. The number of aromatic nitrogens is 3. The van der Waals surface area contributed by atoms with Crippen LogP contribution in [0.3, 0.4) is 0 Å². The number of para-hydroxylation sites is 1. The predicted molar refractivity (Wildman–Crippen MR) is 176 cm³/mol. The first kappa shape index (κ1) is 33.7. The van der Waals surface area contributed by atoms with E-state index in [0.29, 0.717) is 31.6 Å². The van der Waals surface area contributed by atoms with Crippen LogP contribution in [0.25, 0.3) is 22.0 Å². The molecule has 4 N–H and O–H groups in total. The number of nitrogens with zero attached hydrogens (tertiary/aromatic N) is 2. The lowest BCUT2D eigenvalue weighted by Gasteiger charge is -2.12. The van der Waals surface area contributed by atoms with Crippen molar-refractivity contribution < 1.29 is 23.9 Å². The molecule has 0 spiro atoms. The summed E-state index contributed by atoms with van der Waals surface area (Å²) in [4.78, 5) is 41.5. The van der Waals surface area contributed by atoms with Gasteiger partial charge in [0, 0.05) is 34.3 Å². The van der Waals surface area contributed by atoms with E-state index < -0.39 is 30.4 Å². The quantitative estimate of drug-likeness (QED) is 0.104. The zero-order valence-electron chi connectivity index (χ0n) is 27.0. The molecule has 0 aliphatic rings. The fraction of sp³-hybridized carbons (Fsp3) is 0.412. The maximum Gasteiger partial charge on any atom is 0.333 e. The summed E-state index contributed by atoms with van der Waals surface area (Å²) in [5, 5.41) is 8.79. The molecule has 0 aliphatic carbocycles. The normalized spacial score (nSPS) is 12.0. The van der Waals surface area contributed by atoms with Crippen LogP contribution in [0, 0.1) is 33.6 Å². The van der Waals surface area contributed by atoms with Crippen molar-refractivity contribution in [1.29, 1.82) is 0 Å². The first-order chi connectivity index (χ1) is 21.3. The van der Waals surface area contributed by atoms with Crippen molar-refractivity contribution in [3.63, 3.8) is 0 Å². The van der Waals surface area contributed by atoms with Gasteiger partial charge in [0.05, 0.1) is 17.8 Å². The highest BCUT2D eigenvalue weighted by Gasteiger charge is 2.24. The number of halogens is 1. The molecule has 10 nitrogen and oxygen atoms in total. The summed E-state index contributed by atoms with van der Waals surface area (Å²) in [6.07, 6.45) is 1.53. The molecule has 1 atom stereocenters. The number of nitrogens with one attached hydrogen (secondary N) is 2. The number of carbonyl (C=O) groups excluding carboxylic acids is 3. The highest BCUT2D eigenvalue weighted by Crippen LogP contribution is 2.35. The number of aromatic amines is 1. The van der Waals surface area contributed by atoms with Crippen LogP contribution in [0.1, 0.15) is 65.3 Å². The molecule has 11 heteroatoms. The molecular weight excluding hydrogens is 594 g/mol. The van der Waals surface area contributed by atoms with Crippen LogP contribution in [0.5, 0.6) is 5.75 Å². The third-order valence-corrected chi connectivity index (χ3v) is 8.43. The molecular formula is C34H42ClN5O5. The minimum Gasteiger partial charge on any atom is -0.494 e. The Morgan fingerprint density at radius 1 is 1.11 bits per heavy atom. The van der Waals surface area contributed by atoms with E-state index in [1.54, 1.807) is 0 Å². The lowest BCUT2D eigenvalue weighted by molar-refractivity contribution is -0.160. The monoisotopic (exact) mass is 635 g/mol. The molecule has 2 aromatic carbocycles. The predicted octanol–water partition coefficient (Wildman–Crippen LogP) is 5.64. The average Bonchev–Trinajstić information content (AvgIpc) is 3.47. The van der Waals surface area contributed by atoms with E-state index in [1.165, 1.54) is 0 Å². The number of carbonyl (C=O) groups is 3. The standard InChI is InChI=1S/C34H42ClN5O5/c1-18(2)14-27(36)34(43)45-28(41)17-37-33(42)32-25(12-9-13-44-23-15-19(3)30(35)20(4)16-23)24-10-8-11-26(31(24)38-32)29-21(5)39-40(7)22(29)6/h8,10-11,15-16,18,27,38H,9,12-14,17,36H2,1-7H3,(H,37,42)/t27-/m0/s1. The van der Waals surface area contributed by atoms with Crippen LogP contribution in [-0.4, -0.2) is 51.8 Å². The molecule has 0 saturated heterocycles. The second-order valence-electron chi connectivity index (χ2n) is 11.9. The summed E-state index contributed by atoms with van der Waals surface area (Å²) in [6.45, 7) is 11.6. The number of H-pyrrole nitrogens is 1. The van der Waals surface area contributed by atoms with Crippen LogP contribution in [0.15, 0.2) is 30.3 Å². The summed E-state index contributed by atoms with van der Waals surface area (Å²) in [7, 11) is 1.90. The van der Waals surface area contributed by atoms with Gasteiger partial charge in [-0.15, -0.1) is 0 Å². The van der Waals surface area contributed by atoms with Gasteiger partial charge >= 0.3 is 11.9 Å². The molecule has 0 fully saturated rings. The van der Waals surface area contributed by atoms with E-state index in [1.807, 2.05) is 83.6 Å². The number of benzene rings is 2. The smallest absolute Gasteiger partial charge is 0.333 e. The van der Waals surface area contributed by atoms with Gasteiger partial charge in [-0.05, 0) is 81.7 Å². The highest BCUT2D eigenvalue weighted by atomic mass is 35.5. The van der Waals surface area contributed by atoms with Crippen molar-refractivity contribution in [3.8, 4) is 16.9 Å². The van der Waals surface area contributed by atoms with Gasteiger partial charge < -0.3 is 25.5 Å². The molecule has 4 aromatic rings. The van der Waals surface area contributed by atoms with E-state index in [0.717, 1.165) is 60.9 Å². The van der Waals surface area contributed by atoms with Crippen LogP contribution in [0.2, 0.25) is 5.02 Å². The molecule has 2 heterocycles. The van der Waals surface area contributed by atoms with Crippen molar-refractivity contribution >= 4 is 40.3 Å². The number of ether oxygens (including phenoxy) is 2. The zero-order chi connectivity index (χ0) is 33.0. The van der Waals surface area contributed by atoms with E-state index >= 15 is 0 Å². The Hall–Kier alpha value is -4.15. The van der Waals surface area contributed by atoms with E-state index in [2.05, 4.69) is 15.4 Å². The maximum atomic E-state index is 13.5. The summed E-state index contributed by atoms with van der Waals surface area (Å²) in [5.41, 5.74) is 13.4. The Bertz CT molecular complexity index is 1720. The summed E-state index contributed by atoms with van der Waals surface area (Å²) < 4.78 is 12.7. The van der Waals surface area contributed by atoms with Gasteiger partial charge in [0.2, 0.25) is 0 Å². The van der Waals surface area contributed by atoms with Crippen LogP contribution >= 0.6 is 11.6 Å². The van der Waals surface area contributed by atoms with Crippen LogP contribution in [0.4, 0.5) is 0 Å². The van der Waals surface area contributed by atoms with Crippen molar-refractivity contribution in [2.45, 2.75) is 66.8 Å². The third kappa shape index (κ3) is 7.75. The molecule has 4 rings (SSSR count). The minimum atomic E-state index is -0.911. The Morgan fingerprint density at radius 3 is 2.42 bits per heavy atom. The molecule has 240 valence electrons. The number of amides is 1. The number of hydrogen-bond acceptors (Lipinski definition) is 7. The van der Waals surface area contributed by atoms with Gasteiger partial charge in [-0.2, -0.15) is 5.10 Å². The van der Waals surface area contributed by atoms with Gasteiger partial charge in [-0.1, -0.05) is 43.6 Å². The molecule has 45 heavy (non-hydrogen) atoms. The van der Waals surface area contributed by atoms with Gasteiger partial charge in [0.25, 0.3) is 5.91 Å². The number of nitrogens with two attached hydrogens (primary N) is 1. The van der Waals surface area contributed by atoms with Crippen molar-refractivity contribution in [1.82, 2.24) is 20.1 Å². The van der Waals surface area contributed by atoms with E-state index in [4.69, 9.17) is 26.8 Å². The number of rotatable bonds is 12. The molecule has 2 aromatic heterocycles. The van der Waals surface area contributed by atoms with Crippen molar-refractivity contribution in [2.75, 3.05) is 13.2 Å². The van der Waals surface area contributed by atoms with E-state index in [9.17, 15) is 14.4 Å². The first-order valence-corrected chi connectivity index (χ1v) is 15.5. The topological polar surface area (TPSA) is 141 Å². The maximum absolute atomic E-state index is 13.5. The number of fused-ring (bicyclic) bond motifs is 1. The third-order valence-electron chi connectivity index (χ3n) is 7.83. The fourth-order valence-electron chi connectivity index (χ4n) is 5.60. The first-order valence-electron chi connectivity index (χ1n) is 15.1. The second kappa shape index (κ2) is 14.3. The number of hydrogen-bond donors (Lipinski definition) is 3. The lowest BCUT2D eigenvalue weighted by Crippen LogP contribution is -2.38. The summed E-state index contributed by atoms with van der Waals surface area (Å²) in [6, 6.07) is 8.83. The van der Waals surface area contributed by atoms with Crippen molar-refractivity contribution in [3.05, 3.63) is 69.1 Å². The largest absolute Gasteiger partial charge is 0.494 e. The zero-order valence-corrected chi connectivity index (χ0v) is 27.7. The number of esters is 2. The van der Waals surface area contributed by atoms with Gasteiger partial charge in [0.1, 0.15) is 24.0 Å². The average molecular weight is 636 g/mol. The molecule has 0 radical (unpaired) electrons. The SMILES string of the molecule is Cc1cc(OCCCc2c(C(=O)NCC(=O)OC(=O)[C@@H](N)CC(C)C)[nH]c3c(-c4c(C)nn(C)c4C)cccc23)cc(C)c1Cl. The second-order valence-corrected chi connectivity index (χ2v) is 12.3. The fourth-order valence-corrected chi connectivity index (χ4v) is 5.71. The molecule has 0 aliphatic heterocycles. The Morgan fingerprint density at radius 2 is 1.80 bits per heavy atom. The Labute approximate surface area is 268 Å². The van der Waals surface area contributed by atoms with Gasteiger partial charge in [-0.3, -0.25) is 9.48 Å². The van der Waals surface area contributed by atoms with Crippen LogP contribution < -0.4 is 15.8 Å². The summed E-state index contributed by atoms with van der Waals surface area (Å²) >= 11 is 6.31. The molecule has 0 saturated carbocycles. The summed E-state index contributed by atoms with van der Waals surface area (Å²) in [5.74, 6) is -1.29. The molecule has 0 unspecified atom stereocenters. The molecule has 0 bridgehead atoms. The van der Waals surface area contributed by atoms with Crippen molar-refractivity contribution in [2.24, 2.45) is 18.7 Å². The minimum absolute atomic E-state index is 0.164. The number of aryl methyl sites for hydroxylation is 5. The highest BCUT2D eigenvalue weighted by molar-refractivity contribution is 6.32. The van der Waals surface area contributed by atoms with Crippen LogP contribution in [-0.2, 0) is 27.8 Å². The van der Waals surface area contributed by atoms with E-state index in [-0.39, 0.29) is 5.92 Å². The lowest BCUT2D eigenvalue weighted by atomic mass is 9.98.